The Morgan fingerprint density at radius 1 is 1.08 bits per heavy atom. The van der Waals surface area contributed by atoms with Crippen LogP contribution in [0.2, 0.25) is 0 Å². The highest BCUT2D eigenvalue weighted by atomic mass is 14.0. The molecule has 0 heteroatoms. The molecular weight excluding hydrogens is 156 g/mol. The molecule has 0 aliphatic heterocycles. The van der Waals surface area contributed by atoms with Gasteiger partial charge in [0.1, 0.15) is 0 Å². The molecule has 68 valence electrons. The molecule has 13 heavy (non-hydrogen) atoms. The molecule has 0 radical (unpaired) electrons. The van der Waals surface area contributed by atoms with Crippen LogP contribution in [0, 0.1) is 20.8 Å². The quantitative estimate of drug-likeness (QED) is 0.595. The van der Waals surface area contributed by atoms with Gasteiger partial charge in [0.25, 0.3) is 0 Å². The lowest BCUT2D eigenvalue weighted by atomic mass is 9.99. The summed E-state index contributed by atoms with van der Waals surface area (Å²) in [5, 5.41) is 0. The van der Waals surface area contributed by atoms with Crippen molar-refractivity contribution in [3.8, 4) is 0 Å². The first-order valence-electron chi connectivity index (χ1n) is 4.52. The van der Waals surface area contributed by atoms with E-state index in [2.05, 4.69) is 45.6 Å². The summed E-state index contributed by atoms with van der Waals surface area (Å²) in [6.07, 6.45) is 5.89. The van der Waals surface area contributed by atoms with E-state index in [0.29, 0.717) is 0 Å². The number of hydrogen-bond donors (Lipinski definition) is 0. The molecule has 0 nitrogen and oxygen atoms in total. The second-order valence-electron chi connectivity index (χ2n) is 3.41. The second kappa shape index (κ2) is 4.08. The third-order valence-electron chi connectivity index (χ3n) is 2.14. The summed E-state index contributed by atoms with van der Waals surface area (Å²) in [4.78, 5) is 0. The van der Waals surface area contributed by atoms with Gasteiger partial charge in [0, 0.05) is 0 Å². The molecule has 1 aromatic rings. The lowest BCUT2D eigenvalue weighted by Gasteiger charge is -2.06. The summed E-state index contributed by atoms with van der Waals surface area (Å²) >= 11 is 0. The lowest BCUT2D eigenvalue weighted by Crippen LogP contribution is -1.87. The minimum absolute atomic E-state index is 1.31. The Morgan fingerprint density at radius 2 is 1.62 bits per heavy atom. The zero-order chi connectivity index (χ0) is 9.84. The molecule has 0 atom stereocenters. The van der Waals surface area contributed by atoms with E-state index in [1.807, 2.05) is 6.08 Å². The molecule has 0 fully saturated rings. The maximum atomic E-state index is 3.67. The average Bonchev–Trinajstić information content (AvgIpc) is 2.02. The Labute approximate surface area is 80.6 Å². The Balaban J connectivity index is 3.20. The maximum absolute atomic E-state index is 3.67. The molecule has 0 aliphatic rings. The van der Waals surface area contributed by atoms with Gasteiger partial charge in [-0.3, -0.25) is 0 Å². The number of hydrogen-bond acceptors (Lipinski definition) is 0. The molecule has 0 aliphatic carbocycles. The Hall–Kier alpha value is -1.30. The van der Waals surface area contributed by atoms with Crippen LogP contribution in [-0.4, -0.2) is 0 Å². The summed E-state index contributed by atoms with van der Waals surface area (Å²) in [6.45, 7) is 10.1. The lowest BCUT2D eigenvalue weighted by molar-refractivity contribution is 1.30. The predicted molar refractivity (Wildman–Crippen MR) is 59.9 cm³/mol. The Bertz CT molecular complexity index is 320. The molecule has 0 bridgehead atoms. The molecule has 1 rings (SSSR count). The SMILES string of the molecule is C=C/C=C\c1c(C)cc(C)cc1C. The van der Waals surface area contributed by atoms with Crippen molar-refractivity contribution in [3.63, 3.8) is 0 Å². The van der Waals surface area contributed by atoms with E-state index in [9.17, 15) is 0 Å². The summed E-state index contributed by atoms with van der Waals surface area (Å²) in [7, 11) is 0. The molecular formula is C13H16. The van der Waals surface area contributed by atoms with Gasteiger partial charge in [-0.25, -0.2) is 0 Å². The Morgan fingerprint density at radius 3 is 2.08 bits per heavy atom. The van der Waals surface area contributed by atoms with Gasteiger partial charge in [-0.2, -0.15) is 0 Å². The fourth-order valence-corrected chi connectivity index (χ4v) is 1.62. The normalized spacial score (nSPS) is 10.7. The van der Waals surface area contributed by atoms with Gasteiger partial charge in [0.05, 0.1) is 0 Å². The number of aryl methyl sites for hydroxylation is 3. The van der Waals surface area contributed by atoms with Gasteiger partial charge in [-0.1, -0.05) is 42.5 Å². The first kappa shape index (κ1) is 9.79. The summed E-state index contributed by atoms with van der Waals surface area (Å²) in [5.41, 5.74) is 5.29. The Kier molecular flexibility index (Phi) is 3.07. The summed E-state index contributed by atoms with van der Waals surface area (Å²) in [5.74, 6) is 0. The largest absolute Gasteiger partial charge is 0.0991 e. The highest BCUT2D eigenvalue weighted by molar-refractivity contribution is 5.59. The van der Waals surface area contributed by atoms with Crippen molar-refractivity contribution in [2.24, 2.45) is 0 Å². The van der Waals surface area contributed by atoms with E-state index in [1.165, 1.54) is 22.3 Å². The average molecular weight is 172 g/mol. The molecule has 0 unspecified atom stereocenters. The van der Waals surface area contributed by atoms with Gasteiger partial charge < -0.3 is 0 Å². The fourth-order valence-electron chi connectivity index (χ4n) is 1.62. The highest BCUT2D eigenvalue weighted by Gasteiger charge is 1.98. The van der Waals surface area contributed by atoms with E-state index in [4.69, 9.17) is 0 Å². The van der Waals surface area contributed by atoms with Crippen LogP contribution in [0.5, 0.6) is 0 Å². The van der Waals surface area contributed by atoms with Crippen molar-refractivity contribution in [1.82, 2.24) is 0 Å². The van der Waals surface area contributed by atoms with E-state index >= 15 is 0 Å². The highest BCUT2D eigenvalue weighted by Crippen LogP contribution is 2.17. The number of rotatable bonds is 2. The monoisotopic (exact) mass is 172 g/mol. The van der Waals surface area contributed by atoms with E-state index in [1.54, 1.807) is 6.08 Å². The van der Waals surface area contributed by atoms with Crippen LogP contribution in [-0.2, 0) is 0 Å². The molecule has 1 aromatic carbocycles. The van der Waals surface area contributed by atoms with Crippen LogP contribution in [0.3, 0.4) is 0 Å². The number of benzene rings is 1. The van der Waals surface area contributed by atoms with Crippen LogP contribution in [0.4, 0.5) is 0 Å². The maximum Gasteiger partial charge on any atom is -0.0198 e. The molecule has 0 saturated carbocycles. The molecule has 0 saturated heterocycles. The molecule has 0 spiro atoms. The molecule has 0 amide bonds. The van der Waals surface area contributed by atoms with E-state index < -0.39 is 0 Å². The molecule has 0 aromatic heterocycles. The first-order valence-corrected chi connectivity index (χ1v) is 4.52. The predicted octanol–water partition coefficient (Wildman–Crippen LogP) is 3.81. The smallest absolute Gasteiger partial charge is 0.0198 e. The van der Waals surface area contributed by atoms with Crippen LogP contribution in [0.1, 0.15) is 22.3 Å². The standard InChI is InChI=1S/C13H16/c1-5-6-7-13-11(3)8-10(2)9-12(13)4/h5-9H,1H2,2-4H3/b7-6-. The summed E-state index contributed by atoms with van der Waals surface area (Å²) in [6, 6.07) is 4.41. The minimum atomic E-state index is 1.31. The second-order valence-corrected chi connectivity index (χ2v) is 3.41. The number of allylic oxidation sites excluding steroid dienone is 2. The van der Waals surface area contributed by atoms with Crippen LogP contribution >= 0.6 is 0 Å². The third kappa shape index (κ3) is 2.32. The van der Waals surface area contributed by atoms with Gasteiger partial charge in [-0.05, 0) is 37.5 Å². The van der Waals surface area contributed by atoms with Crippen molar-refractivity contribution in [1.29, 1.82) is 0 Å². The van der Waals surface area contributed by atoms with E-state index in [-0.39, 0.29) is 0 Å². The molecule has 0 heterocycles. The molecule has 0 N–H and O–H groups in total. The van der Waals surface area contributed by atoms with Crippen molar-refractivity contribution in [3.05, 3.63) is 53.1 Å². The topological polar surface area (TPSA) is 0 Å². The minimum Gasteiger partial charge on any atom is -0.0991 e. The van der Waals surface area contributed by atoms with E-state index in [0.717, 1.165) is 0 Å². The van der Waals surface area contributed by atoms with Crippen molar-refractivity contribution >= 4 is 6.08 Å². The van der Waals surface area contributed by atoms with Gasteiger partial charge in [-0.15, -0.1) is 0 Å². The van der Waals surface area contributed by atoms with Gasteiger partial charge in [0.2, 0.25) is 0 Å². The van der Waals surface area contributed by atoms with Crippen LogP contribution in [0.15, 0.2) is 30.9 Å². The van der Waals surface area contributed by atoms with Gasteiger partial charge in [0.15, 0.2) is 0 Å². The van der Waals surface area contributed by atoms with Crippen LogP contribution < -0.4 is 0 Å². The van der Waals surface area contributed by atoms with Crippen LogP contribution in [0.25, 0.3) is 6.08 Å². The zero-order valence-electron chi connectivity index (χ0n) is 8.59. The zero-order valence-corrected chi connectivity index (χ0v) is 8.59. The van der Waals surface area contributed by atoms with Gasteiger partial charge >= 0.3 is 0 Å². The van der Waals surface area contributed by atoms with Crippen molar-refractivity contribution < 1.29 is 0 Å². The van der Waals surface area contributed by atoms with Crippen molar-refractivity contribution in [2.45, 2.75) is 20.8 Å². The van der Waals surface area contributed by atoms with Crippen molar-refractivity contribution in [2.75, 3.05) is 0 Å². The first-order chi connectivity index (χ1) is 6.15. The third-order valence-corrected chi connectivity index (χ3v) is 2.14. The fraction of sp³-hybridized carbons (Fsp3) is 0.231. The summed E-state index contributed by atoms with van der Waals surface area (Å²) < 4.78 is 0.